The van der Waals surface area contributed by atoms with E-state index in [1.807, 2.05) is 13.0 Å². The van der Waals surface area contributed by atoms with E-state index < -0.39 is 6.03 Å². The molecule has 1 fully saturated rings. The van der Waals surface area contributed by atoms with Crippen molar-refractivity contribution >= 4 is 34.9 Å². The summed E-state index contributed by atoms with van der Waals surface area (Å²) in [4.78, 5) is 25.5. The Morgan fingerprint density at radius 3 is 2.91 bits per heavy atom. The standard InChI is InChI=1S/C16H19ClN4O2/c1-2-11(7-8-18)19-16(23)20-14-10-12(5-6-13(14)17)21-9-3-4-15(21)22/h5-6,10-11H,2-4,7,9H2,1H3,(H2,19,20,23)/t11-/m1/s1. The van der Waals surface area contributed by atoms with Crippen LogP contribution in [0.25, 0.3) is 0 Å². The van der Waals surface area contributed by atoms with Crippen LogP contribution >= 0.6 is 11.6 Å². The van der Waals surface area contributed by atoms with Crippen molar-refractivity contribution in [1.29, 1.82) is 5.26 Å². The molecule has 0 aromatic heterocycles. The summed E-state index contributed by atoms with van der Waals surface area (Å²) in [6.45, 7) is 2.57. The number of carbonyl (C=O) groups excluding carboxylic acids is 2. The van der Waals surface area contributed by atoms with E-state index in [0.29, 0.717) is 30.1 Å². The number of nitrogens with one attached hydrogen (secondary N) is 2. The second-order valence-electron chi connectivity index (χ2n) is 5.38. The number of hydrogen-bond acceptors (Lipinski definition) is 3. The molecule has 1 aromatic rings. The van der Waals surface area contributed by atoms with Crippen LogP contribution in [-0.4, -0.2) is 24.5 Å². The van der Waals surface area contributed by atoms with Crippen LogP contribution in [-0.2, 0) is 4.79 Å². The molecular weight excluding hydrogens is 316 g/mol. The van der Waals surface area contributed by atoms with Gasteiger partial charge >= 0.3 is 6.03 Å². The maximum absolute atomic E-state index is 12.0. The monoisotopic (exact) mass is 334 g/mol. The van der Waals surface area contributed by atoms with Gasteiger partial charge in [-0.05, 0) is 31.0 Å². The topological polar surface area (TPSA) is 85.2 Å². The summed E-state index contributed by atoms with van der Waals surface area (Å²) in [7, 11) is 0. The number of nitriles is 1. The lowest BCUT2D eigenvalue weighted by Gasteiger charge is -2.19. The molecule has 2 N–H and O–H groups in total. The summed E-state index contributed by atoms with van der Waals surface area (Å²) in [5.74, 6) is 0.0720. The van der Waals surface area contributed by atoms with E-state index in [9.17, 15) is 9.59 Å². The molecule has 0 bridgehead atoms. The van der Waals surface area contributed by atoms with Crippen LogP contribution in [0.2, 0.25) is 5.02 Å². The molecule has 0 radical (unpaired) electrons. The second kappa shape index (κ2) is 7.84. The zero-order valence-electron chi connectivity index (χ0n) is 12.9. The van der Waals surface area contributed by atoms with E-state index in [1.165, 1.54) is 0 Å². The van der Waals surface area contributed by atoms with Crippen molar-refractivity contribution in [3.63, 3.8) is 0 Å². The van der Waals surface area contributed by atoms with Crippen LogP contribution in [0, 0.1) is 11.3 Å². The van der Waals surface area contributed by atoms with Crippen molar-refractivity contribution in [3.05, 3.63) is 23.2 Å². The summed E-state index contributed by atoms with van der Waals surface area (Å²) in [5.41, 5.74) is 1.16. The molecule has 1 heterocycles. The van der Waals surface area contributed by atoms with Gasteiger partial charge < -0.3 is 15.5 Å². The predicted octanol–water partition coefficient (Wildman–Crippen LogP) is 3.28. The number of rotatable bonds is 5. The number of benzene rings is 1. The number of urea groups is 1. The number of carbonyl (C=O) groups is 2. The van der Waals surface area contributed by atoms with Gasteiger partial charge in [0.15, 0.2) is 0 Å². The second-order valence-corrected chi connectivity index (χ2v) is 5.79. The lowest BCUT2D eigenvalue weighted by Crippen LogP contribution is -2.37. The molecule has 3 amide bonds. The highest BCUT2D eigenvalue weighted by Crippen LogP contribution is 2.29. The fourth-order valence-corrected chi connectivity index (χ4v) is 2.61. The third-order valence-electron chi connectivity index (χ3n) is 3.75. The Bertz CT molecular complexity index is 641. The highest BCUT2D eigenvalue weighted by molar-refractivity contribution is 6.33. The van der Waals surface area contributed by atoms with Gasteiger partial charge in [-0.2, -0.15) is 5.26 Å². The average Bonchev–Trinajstić information content (AvgIpc) is 2.95. The van der Waals surface area contributed by atoms with E-state index in [-0.39, 0.29) is 18.4 Å². The fourth-order valence-electron chi connectivity index (χ4n) is 2.45. The molecule has 1 saturated heterocycles. The van der Waals surface area contributed by atoms with Gasteiger partial charge in [-0.15, -0.1) is 0 Å². The zero-order chi connectivity index (χ0) is 16.8. The minimum Gasteiger partial charge on any atom is -0.334 e. The van der Waals surface area contributed by atoms with Crippen molar-refractivity contribution in [2.75, 3.05) is 16.8 Å². The summed E-state index contributed by atoms with van der Waals surface area (Å²) in [6.07, 6.45) is 2.28. The highest BCUT2D eigenvalue weighted by atomic mass is 35.5. The first-order chi connectivity index (χ1) is 11.0. The normalized spacial score (nSPS) is 15.2. The molecule has 0 saturated carbocycles. The van der Waals surface area contributed by atoms with Crippen LogP contribution < -0.4 is 15.5 Å². The van der Waals surface area contributed by atoms with Crippen molar-refractivity contribution < 1.29 is 9.59 Å². The van der Waals surface area contributed by atoms with Crippen LogP contribution in [0.15, 0.2) is 18.2 Å². The van der Waals surface area contributed by atoms with Gasteiger partial charge in [0.05, 0.1) is 23.2 Å². The van der Waals surface area contributed by atoms with Gasteiger partial charge in [0.25, 0.3) is 0 Å². The van der Waals surface area contributed by atoms with E-state index in [0.717, 1.165) is 12.1 Å². The van der Waals surface area contributed by atoms with Gasteiger partial charge in [0.1, 0.15) is 0 Å². The Hall–Kier alpha value is -2.26. The van der Waals surface area contributed by atoms with Gasteiger partial charge in [0.2, 0.25) is 5.91 Å². The SMILES string of the molecule is CC[C@H](CC#N)NC(=O)Nc1cc(N2CCCC2=O)ccc1Cl. The van der Waals surface area contributed by atoms with Crippen molar-refractivity contribution in [2.45, 2.75) is 38.6 Å². The summed E-state index contributed by atoms with van der Waals surface area (Å²) in [6, 6.07) is 6.52. The number of amides is 3. The number of nitrogens with zero attached hydrogens (tertiary/aromatic N) is 2. The molecule has 6 nitrogen and oxygen atoms in total. The van der Waals surface area contributed by atoms with Crippen LogP contribution in [0.5, 0.6) is 0 Å². The van der Waals surface area contributed by atoms with E-state index >= 15 is 0 Å². The Balaban J connectivity index is 2.08. The third kappa shape index (κ3) is 4.36. The molecule has 0 spiro atoms. The minimum atomic E-state index is -0.418. The summed E-state index contributed by atoms with van der Waals surface area (Å²) in [5, 5.41) is 14.5. The molecule has 1 aliphatic rings. The first kappa shape index (κ1) is 17.1. The first-order valence-corrected chi connectivity index (χ1v) is 7.97. The van der Waals surface area contributed by atoms with Crippen molar-refractivity contribution in [2.24, 2.45) is 0 Å². The van der Waals surface area contributed by atoms with Crippen LogP contribution in [0.1, 0.15) is 32.6 Å². The predicted molar refractivity (Wildman–Crippen MR) is 89.5 cm³/mol. The van der Waals surface area contributed by atoms with Gasteiger partial charge in [0, 0.05) is 24.7 Å². The summed E-state index contributed by atoms with van der Waals surface area (Å²) >= 11 is 6.12. The maximum Gasteiger partial charge on any atom is 0.319 e. The maximum atomic E-state index is 12.0. The van der Waals surface area contributed by atoms with Crippen LogP contribution in [0.4, 0.5) is 16.2 Å². The smallest absolute Gasteiger partial charge is 0.319 e. The molecule has 0 aliphatic carbocycles. The van der Waals surface area contributed by atoms with Crippen LogP contribution in [0.3, 0.4) is 0 Å². The Labute approximate surface area is 140 Å². The van der Waals surface area contributed by atoms with Crippen molar-refractivity contribution in [1.82, 2.24) is 5.32 Å². The number of anilines is 2. The quantitative estimate of drug-likeness (QED) is 0.866. The van der Waals surface area contributed by atoms with Crippen molar-refractivity contribution in [3.8, 4) is 6.07 Å². The fraction of sp³-hybridized carbons (Fsp3) is 0.438. The molecule has 23 heavy (non-hydrogen) atoms. The van der Waals surface area contributed by atoms with E-state index in [4.69, 9.17) is 16.9 Å². The van der Waals surface area contributed by atoms with Gasteiger partial charge in [-0.3, -0.25) is 4.79 Å². The largest absolute Gasteiger partial charge is 0.334 e. The lowest BCUT2D eigenvalue weighted by atomic mass is 10.2. The number of hydrogen-bond donors (Lipinski definition) is 2. The van der Waals surface area contributed by atoms with E-state index in [1.54, 1.807) is 23.1 Å². The molecular formula is C16H19ClN4O2. The zero-order valence-corrected chi connectivity index (χ0v) is 13.7. The minimum absolute atomic E-state index is 0.0720. The molecule has 1 aliphatic heterocycles. The number of halogens is 1. The molecule has 1 atom stereocenters. The highest BCUT2D eigenvalue weighted by Gasteiger charge is 2.22. The molecule has 1 aromatic carbocycles. The molecule has 122 valence electrons. The Kier molecular flexibility index (Phi) is 5.83. The third-order valence-corrected chi connectivity index (χ3v) is 4.08. The lowest BCUT2D eigenvalue weighted by molar-refractivity contribution is -0.117. The van der Waals surface area contributed by atoms with Gasteiger partial charge in [-0.25, -0.2) is 4.79 Å². The molecule has 0 unspecified atom stereocenters. The average molecular weight is 335 g/mol. The van der Waals surface area contributed by atoms with E-state index in [2.05, 4.69) is 10.6 Å². The Morgan fingerprint density at radius 1 is 1.52 bits per heavy atom. The molecule has 2 rings (SSSR count). The Morgan fingerprint density at radius 2 is 2.30 bits per heavy atom. The summed E-state index contributed by atoms with van der Waals surface area (Å²) < 4.78 is 0. The van der Waals surface area contributed by atoms with Gasteiger partial charge in [-0.1, -0.05) is 18.5 Å². The first-order valence-electron chi connectivity index (χ1n) is 7.59. The molecule has 7 heteroatoms.